The minimum absolute atomic E-state index is 0.0796. The molecule has 0 unspecified atom stereocenters. The van der Waals surface area contributed by atoms with Gasteiger partial charge in [0.2, 0.25) is 0 Å². The van der Waals surface area contributed by atoms with Crippen molar-refractivity contribution in [1.82, 2.24) is 0 Å². The number of aromatic carboxylic acids is 1. The fraction of sp³-hybridized carbons (Fsp3) is 0.133. The van der Waals surface area contributed by atoms with E-state index in [0.717, 1.165) is 11.4 Å². The standard InChI is InChI=1S/C15H16N2O3/c1-2-20-12-5-3-4-10(8-12)17-11-6-7-14(16)13(9-11)15(18)19/h3-9,17H,2,16H2,1H3,(H,18,19). The highest BCUT2D eigenvalue weighted by Gasteiger charge is 2.08. The number of carboxylic acids is 1. The maximum atomic E-state index is 11.0. The number of rotatable bonds is 5. The van der Waals surface area contributed by atoms with E-state index in [1.54, 1.807) is 12.1 Å². The molecular weight excluding hydrogens is 256 g/mol. The second kappa shape index (κ2) is 5.97. The van der Waals surface area contributed by atoms with E-state index in [-0.39, 0.29) is 11.3 Å². The van der Waals surface area contributed by atoms with Crippen molar-refractivity contribution in [2.45, 2.75) is 6.92 Å². The van der Waals surface area contributed by atoms with Gasteiger partial charge in [0, 0.05) is 23.1 Å². The van der Waals surface area contributed by atoms with E-state index in [1.165, 1.54) is 6.07 Å². The number of hydrogen-bond donors (Lipinski definition) is 3. The summed E-state index contributed by atoms with van der Waals surface area (Å²) in [5.41, 5.74) is 7.41. The van der Waals surface area contributed by atoms with Crippen LogP contribution in [-0.4, -0.2) is 17.7 Å². The Morgan fingerprint density at radius 1 is 1.25 bits per heavy atom. The first-order valence-corrected chi connectivity index (χ1v) is 6.23. The van der Waals surface area contributed by atoms with E-state index < -0.39 is 5.97 Å². The zero-order chi connectivity index (χ0) is 14.5. The van der Waals surface area contributed by atoms with Crippen molar-refractivity contribution in [2.75, 3.05) is 17.7 Å². The molecule has 0 saturated carbocycles. The molecule has 2 aromatic rings. The molecule has 2 aromatic carbocycles. The second-order valence-electron chi connectivity index (χ2n) is 4.19. The lowest BCUT2D eigenvalue weighted by atomic mass is 10.1. The average molecular weight is 272 g/mol. The summed E-state index contributed by atoms with van der Waals surface area (Å²) >= 11 is 0. The summed E-state index contributed by atoms with van der Waals surface area (Å²) in [7, 11) is 0. The molecule has 0 heterocycles. The molecule has 0 aliphatic heterocycles. The number of hydrogen-bond acceptors (Lipinski definition) is 4. The Labute approximate surface area is 117 Å². The maximum absolute atomic E-state index is 11.0. The third-order valence-corrected chi connectivity index (χ3v) is 2.72. The predicted molar refractivity (Wildman–Crippen MR) is 78.7 cm³/mol. The summed E-state index contributed by atoms with van der Waals surface area (Å²) in [6, 6.07) is 12.3. The Hall–Kier alpha value is -2.69. The van der Waals surface area contributed by atoms with Gasteiger partial charge in [-0.05, 0) is 37.3 Å². The second-order valence-corrected chi connectivity index (χ2v) is 4.19. The Morgan fingerprint density at radius 3 is 2.70 bits per heavy atom. The van der Waals surface area contributed by atoms with Crippen molar-refractivity contribution in [3.8, 4) is 5.75 Å². The molecule has 0 aromatic heterocycles. The van der Waals surface area contributed by atoms with Crippen LogP contribution in [0.4, 0.5) is 17.1 Å². The molecule has 5 heteroatoms. The van der Waals surface area contributed by atoms with E-state index in [2.05, 4.69) is 5.32 Å². The van der Waals surface area contributed by atoms with Gasteiger partial charge >= 0.3 is 5.97 Å². The van der Waals surface area contributed by atoms with Gasteiger partial charge in [0.25, 0.3) is 0 Å². The van der Waals surface area contributed by atoms with Crippen molar-refractivity contribution in [2.24, 2.45) is 0 Å². The lowest BCUT2D eigenvalue weighted by molar-refractivity contribution is 0.0698. The molecule has 20 heavy (non-hydrogen) atoms. The zero-order valence-electron chi connectivity index (χ0n) is 11.1. The van der Waals surface area contributed by atoms with Crippen LogP contribution in [0.3, 0.4) is 0 Å². The van der Waals surface area contributed by atoms with Crippen molar-refractivity contribution in [3.63, 3.8) is 0 Å². The zero-order valence-corrected chi connectivity index (χ0v) is 11.1. The highest BCUT2D eigenvalue weighted by molar-refractivity contribution is 5.95. The minimum atomic E-state index is -1.05. The van der Waals surface area contributed by atoms with Crippen LogP contribution < -0.4 is 15.8 Å². The molecule has 104 valence electrons. The van der Waals surface area contributed by atoms with Crippen LogP contribution in [0.25, 0.3) is 0 Å². The number of benzene rings is 2. The van der Waals surface area contributed by atoms with Gasteiger partial charge in [-0.15, -0.1) is 0 Å². The van der Waals surface area contributed by atoms with E-state index in [0.29, 0.717) is 12.3 Å². The van der Waals surface area contributed by atoms with Gasteiger partial charge in [-0.2, -0.15) is 0 Å². The van der Waals surface area contributed by atoms with E-state index in [1.807, 2.05) is 31.2 Å². The molecular formula is C15H16N2O3. The number of carboxylic acid groups (broad SMARTS) is 1. The summed E-state index contributed by atoms with van der Waals surface area (Å²) in [6.07, 6.45) is 0. The molecule has 5 nitrogen and oxygen atoms in total. The summed E-state index contributed by atoms with van der Waals surface area (Å²) in [5, 5.41) is 12.2. The highest BCUT2D eigenvalue weighted by Crippen LogP contribution is 2.24. The maximum Gasteiger partial charge on any atom is 0.337 e. The van der Waals surface area contributed by atoms with Crippen LogP contribution in [0, 0.1) is 0 Å². The lowest BCUT2D eigenvalue weighted by Gasteiger charge is -2.10. The normalized spacial score (nSPS) is 10.1. The Kier molecular flexibility index (Phi) is 4.10. The van der Waals surface area contributed by atoms with Gasteiger partial charge in [-0.3, -0.25) is 0 Å². The third kappa shape index (κ3) is 3.20. The molecule has 0 aliphatic carbocycles. The monoisotopic (exact) mass is 272 g/mol. The number of anilines is 3. The van der Waals surface area contributed by atoms with E-state index in [9.17, 15) is 4.79 Å². The van der Waals surface area contributed by atoms with E-state index in [4.69, 9.17) is 15.6 Å². The number of nitrogens with two attached hydrogens (primary N) is 1. The lowest BCUT2D eigenvalue weighted by Crippen LogP contribution is -2.03. The van der Waals surface area contributed by atoms with Crippen LogP contribution >= 0.6 is 0 Å². The van der Waals surface area contributed by atoms with Crippen molar-refractivity contribution in [1.29, 1.82) is 0 Å². The van der Waals surface area contributed by atoms with Crippen molar-refractivity contribution >= 4 is 23.0 Å². The molecule has 2 rings (SSSR count). The number of nitrogen functional groups attached to an aromatic ring is 1. The molecule has 0 atom stereocenters. The average Bonchev–Trinajstić information content (AvgIpc) is 2.41. The van der Waals surface area contributed by atoms with Gasteiger partial charge < -0.3 is 20.9 Å². The first kappa shape index (κ1) is 13.7. The number of nitrogens with one attached hydrogen (secondary N) is 1. The SMILES string of the molecule is CCOc1cccc(Nc2ccc(N)c(C(=O)O)c2)c1. The summed E-state index contributed by atoms with van der Waals surface area (Å²) in [6.45, 7) is 2.51. The Bertz CT molecular complexity index is 626. The molecule has 0 spiro atoms. The number of ether oxygens (including phenoxy) is 1. The van der Waals surface area contributed by atoms with Gasteiger partial charge in [0.15, 0.2) is 0 Å². The molecule has 0 amide bonds. The quantitative estimate of drug-likeness (QED) is 0.728. The van der Waals surface area contributed by atoms with Crippen molar-refractivity contribution in [3.05, 3.63) is 48.0 Å². The number of carbonyl (C=O) groups is 1. The predicted octanol–water partition coefficient (Wildman–Crippen LogP) is 3.11. The van der Waals surface area contributed by atoms with Crippen LogP contribution in [0.1, 0.15) is 17.3 Å². The largest absolute Gasteiger partial charge is 0.494 e. The van der Waals surface area contributed by atoms with Gasteiger partial charge in [0.1, 0.15) is 5.75 Å². The molecule has 4 N–H and O–H groups in total. The summed E-state index contributed by atoms with van der Waals surface area (Å²) in [5.74, 6) is -0.291. The van der Waals surface area contributed by atoms with Crippen LogP contribution in [0.2, 0.25) is 0 Å². The third-order valence-electron chi connectivity index (χ3n) is 2.72. The topological polar surface area (TPSA) is 84.6 Å². The summed E-state index contributed by atoms with van der Waals surface area (Å²) in [4.78, 5) is 11.0. The fourth-order valence-electron chi connectivity index (χ4n) is 1.82. The molecule has 0 aliphatic rings. The van der Waals surface area contributed by atoms with Gasteiger partial charge in [-0.25, -0.2) is 4.79 Å². The first-order valence-electron chi connectivity index (χ1n) is 6.23. The van der Waals surface area contributed by atoms with Crippen LogP contribution in [0.15, 0.2) is 42.5 Å². The Balaban J connectivity index is 2.23. The van der Waals surface area contributed by atoms with Crippen molar-refractivity contribution < 1.29 is 14.6 Å². The smallest absolute Gasteiger partial charge is 0.337 e. The highest BCUT2D eigenvalue weighted by atomic mass is 16.5. The molecule has 0 radical (unpaired) electrons. The minimum Gasteiger partial charge on any atom is -0.494 e. The summed E-state index contributed by atoms with van der Waals surface area (Å²) < 4.78 is 5.41. The van der Waals surface area contributed by atoms with Gasteiger partial charge in [0.05, 0.1) is 12.2 Å². The van der Waals surface area contributed by atoms with Crippen LogP contribution in [-0.2, 0) is 0 Å². The van der Waals surface area contributed by atoms with Gasteiger partial charge in [-0.1, -0.05) is 6.07 Å². The molecule has 0 saturated heterocycles. The van der Waals surface area contributed by atoms with E-state index >= 15 is 0 Å². The molecule has 0 bridgehead atoms. The van der Waals surface area contributed by atoms with Crippen LogP contribution in [0.5, 0.6) is 5.75 Å². The first-order chi connectivity index (χ1) is 9.60. The molecule has 0 fully saturated rings. The Morgan fingerprint density at radius 2 is 2.00 bits per heavy atom. The fourth-order valence-corrected chi connectivity index (χ4v) is 1.82.